The normalized spacial score (nSPS) is 10.3. The molecule has 0 aliphatic rings. The van der Waals surface area contributed by atoms with Gasteiger partial charge in [-0.25, -0.2) is 4.79 Å². The number of ketones is 1. The molecule has 1 amide bonds. The number of esters is 1. The molecule has 0 aliphatic carbocycles. The van der Waals surface area contributed by atoms with Gasteiger partial charge in [-0.2, -0.15) is 0 Å². The Hall–Kier alpha value is -2.67. The minimum absolute atomic E-state index is 0.272. The van der Waals surface area contributed by atoms with Gasteiger partial charge in [-0.1, -0.05) is 0 Å². The molecule has 0 unspecified atom stereocenters. The molecular formula is C19H21NO5S. The van der Waals surface area contributed by atoms with Gasteiger partial charge >= 0.3 is 5.97 Å². The predicted molar refractivity (Wildman–Crippen MR) is 100 cm³/mol. The van der Waals surface area contributed by atoms with Crippen LogP contribution in [0, 0.1) is 13.8 Å². The summed E-state index contributed by atoms with van der Waals surface area (Å²) in [5.41, 5.74) is 1.46. The smallest absolute Gasteiger partial charge is 0.341 e. The average Bonchev–Trinajstić information content (AvgIpc) is 2.86. The van der Waals surface area contributed by atoms with Gasteiger partial charge < -0.3 is 14.8 Å². The van der Waals surface area contributed by atoms with Gasteiger partial charge in [-0.3, -0.25) is 9.59 Å². The quantitative estimate of drug-likeness (QED) is 0.589. The molecule has 1 aromatic heterocycles. The predicted octanol–water partition coefficient (Wildman–Crippen LogP) is 3.76. The van der Waals surface area contributed by atoms with Crippen LogP contribution < -0.4 is 10.1 Å². The molecule has 0 radical (unpaired) electrons. The van der Waals surface area contributed by atoms with Crippen molar-refractivity contribution in [2.75, 3.05) is 18.5 Å². The zero-order valence-electron chi connectivity index (χ0n) is 15.2. The number of ether oxygens (including phenoxy) is 2. The minimum Gasteiger partial charge on any atom is -0.494 e. The van der Waals surface area contributed by atoms with Gasteiger partial charge in [-0.05, 0) is 50.6 Å². The number of nitrogens with one attached hydrogen (secondary N) is 1. The Kier molecular flexibility index (Phi) is 6.52. The van der Waals surface area contributed by atoms with Crippen molar-refractivity contribution in [2.45, 2.75) is 27.7 Å². The van der Waals surface area contributed by atoms with Crippen molar-refractivity contribution >= 4 is 34.0 Å². The SMILES string of the molecule is CCOc1ccc(C(=O)COC(=O)c2c(NC(C)=O)sc(C)c2C)cc1. The van der Waals surface area contributed by atoms with Gasteiger partial charge in [0.15, 0.2) is 12.4 Å². The number of carbonyl (C=O) groups is 3. The number of thiophene rings is 1. The zero-order chi connectivity index (χ0) is 19.3. The van der Waals surface area contributed by atoms with Crippen LogP contribution in [0.1, 0.15) is 45.0 Å². The lowest BCUT2D eigenvalue weighted by atomic mass is 10.1. The molecule has 6 nitrogen and oxygen atoms in total. The first-order valence-electron chi connectivity index (χ1n) is 8.14. The van der Waals surface area contributed by atoms with E-state index in [2.05, 4.69) is 5.32 Å². The Morgan fingerprint density at radius 1 is 1.12 bits per heavy atom. The summed E-state index contributed by atoms with van der Waals surface area (Å²) in [4.78, 5) is 36.8. The molecule has 0 fully saturated rings. The Balaban J connectivity index is 2.06. The second-order valence-corrected chi connectivity index (χ2v) is 6.85. The highest BCUT2D eigenvalue weighted by molar-refractivity contribution is 7.16. The highest BCUT2D eigenvalue weighted by Gasteiger charge is 2.22. The number of rotatable bonds is 7. The maximum Gasteiger partial charge on any atom is 0.341 e. The van der Waals surface area contributed by atoms with Gasteiger partial charge in [0, 0.05) is 17.4 Å². The third-order valence-corrected chi connectivity index (χ3v) is 4.82. The Morgan fingerprint density at radius 2 is 1.77 bits per heavy atom. The largest absolute Gasteiger partial charge is 0.494 e. The molecule has 0 saturated carbocycles. The van der Waals surface area contributed by atoms with E-state index in [1.165, 1.54) is 18.3 Å². The summed E-state index contributed by atoms with van der Waals surface area (Å²) in [6, 6.07) is 6.65. The van der Waals surface area contributed by atoms with E-state index in [4.69, 9.17) is 9.47 Å². The van der Waals surface area contributed by atoms with Crippen molar-refractivity contribution in [3.8, 4) is 5.75 Å². The monoisotopic (exact) mass is 375 g/mol. The van der Waals surface area contributed by atoms with Gasteiger partial charge in [0.1, 0.15) is 10.8 Å². The number of anilines is 1. The van der Waals surface area contributed by atoms with E-state index in [1.54, 1.807) is 31.2 Å². The molecule has 0 aliphatic heterocycles. The minimum atomic E-state index is -0.630. The first kappa shape index (κ1) is 19.7. The number of carbonyl (C=O) groups excluding carboxylic acids is 3. The number of hydrogen-bond acceptors (Lipinski definition) is 6. The number of Topliss-reactive ketones (excluding diaryl/α,β-unsaturated/α-hetero) is 1. The summed E-state index contributed by atoms with van der Waals surface area (Å²) < 4.78 is 10.5. The van der Waals surface area contributed by atoms with E-state index in [9.17, 15) is 14.4 Å². The van der Waals surface area contributed by atoms with Gasteiger partial charge in [0.2, 0.25) is 5.91 Å². The third kappa shape index (κ3) is 4.70. The molecule has 1 aromatic carbocycles. The van der Waals surface area contributed by atoms with Crippen molar-refractivity contribution in [3.63, 3.8) is 0 Å². The highest BCUT2D eigenvalue weighted by atomic mass is 32.1. The first-order chi connectivity index (χ1) is 12.3. The van der Waals surface area contributed by atoms with Crippen LogP contribution in [0.3, 0.4) is 0 Å². The Bertz CT molecular complexity index is 823. The van der Waals surface area contributed by atoms with E-state index in [1.807, 2.05) is 13.8 Å². The summed E-state index contributed by atoms with van der Waals surface area (Å²) in [7, 11) is 0. The fourth-order valence-electron chi connectivity index (χ4n) is 2.31. The maximum atomic E-state index is 12.4. The van der Waals surface area contributed by atoms with Crippen LogP contribution in [-0.2, 0) is 9.53 Å². The standard InChI is InChI=1S/C19H21NO5S/c1-5-24-15-8-6-14(7-9-15)16(22)10-25-19(23)17-11(2)12(3)26-18(17)20-13(4)21/h6-9H,5,10H2,1-4H3,(H,20,21). The Labute approximate surface area is 156 Å². The lowest BCUT2D eigenvalue weighted by Gasteiger charge is -2.08. The van der Waals surface area contributed by atoms with Crippen molar-refractivity contribution in [1.82, 2.24) is 0 Å². The van der Waals surface area contributed by atoms with Crippen LogP contribution in [0.15, 0.2) is 24.3 Å². The number of hydrogen-bond donors (Lipinski definition) is 1. The second-order valence-electron chi connectivity index (χ2n) is 5.63. The van der Waals surface area contributed by atoms with Crippen LogP contribution in [-0.4, -0.2) is 30.9 Å². The summed E-state index contributed by atoms with van der Waals surface area (Å²) in [5, 5.41) is 3.07. The van der Waals surface area contributed by atoms with E-state index in [0.717, 1.165) is 10.4 Å². The Morgan fingerprint density at radius 3 is 2.35 bits per heavy atom. The molecule has 0 spiro atoms. The number of aryl methyl sites for hydroxylation is 1. The second kappa shape index (κ2) is 8.62. The van der Waals surface area contributed by atoms with Gasteiger partial charge in [0.05, 0.1) is 12.2 Å². The molecule has 1 N–H and O–H groups in total. The van der Waals surface area contributed by atoms with Crippen molar-refractivity contribution in [1.29, 1.82) is 0 Å². The van der Waals surface area contributed by atoms with Crippen LogP contribution in [0.25, 0.3) is 0 Å². The zero-order valence-corrected chi connectivity index (χ0v) is 16.0. The topological polar surface area (TPSA) is 81.7 Å². The number of benzene rings is 1. The van der Waals surface area contributed by atoms with Crippen LogP contribution >= 0.6 is 11.3 Å². The van der Waals surface area contributed by atoms with Crippen LogP contribution in [0.4, 0.5) is 5.00 Å². The van der Waals surface area contributed by atoms with E-state index < -0.39 is 5.97 Å². The summed E-state index contributed by atoms with van der Waals surface area (Å²) in [5.74, 6) is -0.543. The third-order valence-electron chi connectivity index (χ3n) is 3.70. The molecule has 0 atom stereocenters. The molecule has 0 bridgehead atoms. The fraction of sp³-hybridized carbons (Fsp3) is 0.316. The van der Waals surface area contributed by atoms with Crippen molar-refractivity contribution in [2.24, 2.45) is 0 Å². The number of amides is 1. The first-order valence-corrected chi connectivity index (χ1v) is 8.95. The summed E-state index contributed by atoms with van der Waals surface area (Å²) in [6.07, 6.45) is 0. The summed E-state index contributed by atoms with van der Waals surface area (Å²) in [6.45, 7) is 7.05. The molecule has 1 heterocycles. The molecule has 138 valence electrons. The molecule has 0 saturated heterocycles. The maximum absolute atomic E-state index is 12.4. The summed E-state index contributed by atoms with van der Waals surface area (Å²) >= 11 is 1.30. The van der Waals surface area contributed by atoms with Crippen molar-refractivity contribution in [3.05, 3.63) is 45.8 Å². The van der Waals surface area contributed by atoms with Crippen LogP contribution in [0.2, 0.25) is 0 Å². The molecule has 2 rings (SSSR count). The molecule has 2 aromatic rings. The van der Waals surface area contributed by atoms with E-state index in [0.29, 0.717) is 28.5 Å². The lowest BCUT2D eigenvalue weighted by molar-refractivity contribution is -0.114. The van der Waals surface area contributed by atoms with E-state index >= 15 is 0 Å². The average molecular weight is 375 g/mol. The lowest BCUT2D eigenvalue weighted by Crippen LogP contribution is -2.16. The van der Waals surface area contributed by atoms with E-state index in [-0.39, 0.29) is 18.3 Å². The molecule has 7 heteroatoms. The molecule has 26 heavy (non-hydrogen) atoms. The van der Waals surface area contributed by atoms with Gasteiger partial charge in [-0.15, -0.1) is 11.3 Å². The van der Waals surface area contributed by atoms with Crippen molar-refractivity contribution < 1.29 is 23.9 Å². The van der Waals surface area contributed by atoms with Crippen LogP contribution in [0.5, 0.6) is 5.75 Å². The molecular weight excluding hydrogens is 354 g/mol. The van der Waals surface area contributed by atoms with Gasteiger partial charge in [0.25, 0.3) is 0 Å². The fourth-order valence-corrected chi connectivity index (χ4v) is 3.41. The highest BCUT2D eigenvalue weighted by Crippen LogP contribution is 2.33.